The van der Waals surface area contributed by atoms with E-state index in [4.69, 9.17) is 72.0 Å². The van der Waals surface area contributed by atoms with Crippen molar-refractivity contribution in [1.29, 1.82) is 0 Å². The fourth-order valence-electron chi connectivity index (χ4n) is 16.7. The lowest BCUT2D eigenvalue weighted by atomic mass is 9.58. The molecule has 0 aromatic rings. The quantitative estimate of drug-likeness (QED) is 0.132. The van der Waals surface area contributed by atoms with Crippen LogP contribution in [0.2, 0.25) is 0 Å². The number of amides is 1. The van der Waals surface area contributed by atoms with Gasteiger partial charge in [0.1, 0.15) is 0 Å². The second-order valence-corrected chi connectivity index (χ2v) is 25.3. The zero-order valence-corrected chi connectivity index (χ0v) is 43.9. The average Bonchev–Trinajstić information content (AvgIpc) is 3.80. The van der Waals surface area contributed by atoms with E-state index in [-0.39, 0.29) is 47.3 Å². The van der Waals surface area contributed by atoms with E-state index >= 15 is 0 Å². The Morgan fingerprint density at radius 2 is 0.890 bits per heavy atom. The molecule has 20 nitrogen and oxygen atoms in total. The molecule has 1 amide bonds. The Bertz CT molecular complexity index is 2100. The second-order valence-electron chi connectivity index (χ2n) is 25.3. The van der Waals surface area contributed by atoms with E-state index in [1.807, 2.05) is 34.6 Å². The third-order valence-electron chi connectivity index (χ3n) is 20.5. The molecule has 408 valence electrons. The first-order chi connectivity index (χ1) is 34.6. The van der Waals surface area contributed by atoms with Gasteiger partial charge < -0.3 is 47.9 Å². The Labute approximate surface area is 426 Å². The minimum absolute atomic E-state index is 0.0804. The molecule has 6 unspecified atom stereocenters. The van der Waals surface area contributed by atoms with Crippen LogP contribution in [0.5, 0.6) is 0 Å². The summed E-state index contributed by atoms with van der Waals surface area (Å²) in [5.74, 6) is -6.30. The molecular formula is C53H77NO19. The van der Waals surface area contributed by atoms with Gasteiger partial charge in [0.05, 0.1) is 24.8 Å². The number of rotatable bonds is 10. The van der Waals surface area contributed by atoms with Crippen molar-refractivity contribution in [1.82, 2.24) is 5.32 Å². The van der Waals surface area contributed by atoms with Gasteiger partial charge in [0.25, 0.3) is 0 Å². The molecule has 3 aliphatic carbocycles. The van der Waals surface area contributed by atoms with Gasteiger partial charge in [-0.3, -0.25) is 19.2 Å². The van der Waals surface area contributed by atoms with Crippen LogP contribution in [0.15, 0.2) is 0 Å². The third-order valence-corrected chi connectivity index (χ3v) is 20.5. The molecule has 15 aliphatic rings. The van der Waals surface area contributed by atoms with Crippen LogP contribution in [0.3, 0.4) is 0 Å². The summed E-state index contributed by atoms with van der Waals surface area (Å²) in [5, 5.41) is 2.83. The molecule has 6 bridgehead atoms. The molecule has 20 heteroatoms. The summed E-state index contributed by atoms with van der Waals surface area (Å²) in [6.45, 7) is 17.3. The number of fused-ring (bicyclic) bond motifs is 6. The first kappa shape index (κ1) is 51.2. The minimum Gasteiger partial charge on any atom is -0.436 e. The second kappa shape index (κ2) is 18.0. The normalized spacial score (nSPS) is 52.9. The van der Waals surface area contributed by atoms with Crippen LogP contribution in [0.1, 0.15) is 165 Å². The van der Waals surface area contributed by atoms with E-state index in [0.717, 1.165) is 57.8 Å². The number of carbonyl (C=O) groups is 4. The molecule has 12 aliphatic heterocycles. The Balaban J connectivity index is 0.810. The maximum Gasteiger partial charge on any atom is 0.310 e. The van der Waals surface area contributed by atoms with Crippen LogP contribution < -0.4 is 5.32 Å². The first-order valence-electron chi connectivity index (χ1n) is 27.6. The van der Waals surface area contributed by atoms with Crippen molar-refractivity contribution in [3.63, 3.8) is 0 Å². The molecule has 12 saturated heterocycles. The van der Waals surface area contributed by atoms with Crippen molar-refractivity contribution in [2.75, 3.05) is 0 Å². The minimum atomic E-state index is -1.93. The van der Waals surface area contributed by atoms with Crippen LogP contribution in [0.25, 0.3) is 0 Å². The van der Waals surface area contributed by atoms with Gasteiger partial charge in [-0.25, -0.2) is 29.3 Å². The highest BCUT2D eigenvalue weighted by molar-refractivity contribution is 5.83. The zero-order valence-electron chi connectivity index (χ0n) is 43.9. The molecule has 0 radical (unpaired) electrons. The third kappa shape index (κ3) is 8.17. The zero-order chi connectivity index (χ0) is 51.3. The lowest BCUT2D eigenvalue weighted by molar-refractivity contribution is -0.576. The molecule has 3 spiro atoms. The first-order valence-corrected chi connectivity index (χ1v) is 27.6. The molecular weight excluding hydrogens is 955 g/mol. The molecule has 15 fully saturated rings. The van der Waals surface area contributed by atoms with Crippen molar-refractivity contribution in [3.8, 4) is 0 Å². The van der Waals surface area contributed by atoms with Gasteiger partial charge in [-0.2, -0.15) is 0 Å². The molecule has 12 heterocycles. The number of nitrogens with one attached hydrogen (secondary N) is 1. The van der Waals surface area contributed by atoms with Crippen molar-refractivity contribution in [3.05, 3.63) is 0 Å². The van der Waals surface area contributed by atoms with Gasteiger partial charge in [0.2, 0.25) is 42.1 Å². The van der Waals surface area contributed by atoms with E-state index in [0.29, 0.717) is 43.4 Å². The lowest BCUT2D eigenvalue weighted by Gasteiger charge is -2.60. The van der Waals surface area contributed by atoms with Gasteiger partial charge >= 0.3 is 17.9 Å². The van der Waals surface area contributed by atoms with Crippen molar-refractivity contribution >= 4 is 23.8 Å². The Kier molecular flexibility index (Phi) is 12.6. The number of hydrogen-bond acceptors (Lipinski definition) is 19. The summed E-state index contributed by atoms with van der Waals surface area (Å²) in [5.41, 5.74) is -4.64. The standard InChI is InChI=1S/C53H77NO19/c1-26-10-13-32-22-41(62-44-51(32)33(26)16-19-47(7,65-44)68-71-51)59-38(56)23-50(54-31(6)55,24-39(57)60-42-29(4)36-14-11-27(2)34-17-20-48(8)66-45(63-42)52(34,36)72-69-48)25-40(58)61-43-30(5)37-15-12-28(3)35-18-21-49(9)67-46(64-43)53(35,37)73-70-49/h26-30,32-37,41-46H,10-25H2,1-9H3,(H,54,55)/t26-,27-,28-,29-,30-,32+,33+,34+,35+,36+,37+,41?,42?,43?,44-,45-,46-,47?,48?,49?,50?,51+,52-,53-/m1/s1. The van der Waals surface area contributed by atoms with E-state index < -0.39 is 121 Å². The van der Waals surface area contributed by atoms with Gasteiger partial charge in [0.15, 0.2) is 35.7 Å². The van der Waals surface area contributed by atoms with Crippen molar-refractivity contribution < 1.29 is 91.1 Å². The topological polar surface area (TPSA) is 219 Å². The van der Waals surface area contributed by atoms with E-state index in [1.165, 1.54) is 6.92 Å². The smallest absolute Gasteiger partial charge is 0.310 e. The predicted octanol–water partition coefficient (Wildman–Crippen LogP) is 7.04. The fraction of sp³-hybridized carbons (Fsp3) is 0.925. The van der Waals surface area contributed by atoms with Gasteiger partial charge in [-0.05, 0) is 114 Å². The fourth-order valence-corrected chi connectivity index (χ4v) is 16.7. The highest BCUT2D eigenvalue weighted by atomic mass is 17.3. The van der Waals surface area contributed by atoms with Crippen LogP contribution in [-0.4, -0.2) is 101 Å². The van der Waals surface area contributed by atoms with Crippen LogP contribution >= 0.6 is 0 Å². The van der Waals surface area contributed by atoms with E-state index in [1.54, 1.807) is 0 Å². The molecule has 0 aromatic heterocycles. The van der Waals surface area contributed by atoms with Gasteiger partial charge in [-0.15, -0.1) is 0 Å². The largest absolute Gasteiger partial charge is 0.436 e. The van der Waals surface area contributed by atoms with Gasteiger partial charge in [0, 0.05) is 62.2 Å². The lowest BCUT2D eigenvalue weighted by Crippen LogP contribution is -2.70. The summed E-state index contributed by atoms with van der Waals surface area (Å²) in [6, 6.07) is 0. The number of ether oxygens (including phenoxy) is 9. The summed E-state index contributed by atoms with van der Waals surface area (Å²) in [7, 11) is 0. The Morgan fingerprint density at radius 3 is 1.34 bits per heavy atom. The molecule has 0 aromatic carbocycles. The van der Waals surface area contributed by atoms with Gasteiger partial charge in [-0.1, -0.05) is 34.6 Å². The highest BCUT2D eigenvalue weighted by Gasteiger charge is 2.73. The SMILES string of the molecule is CC(=O)NC(CC(=O)OC1C[C@@H]2CC[C@@H](C)[C@@H]3CCC4(C)OO[C@@]23[C@H](O1)O4)(CC(=O)OC1O[C@@H]2OC3(C)CC[C@H]4[C@H](C)CC[C@@H]([C@H]1C)[C@@]24OO3)CC(=O)OC1O[C@@H]2OC3(C)CC[C@H]4[C@H](C)CC[C@@H]([C@H]1C)[C@@]24OO3. The van der Waals surface area contributed by atoms with Crippen LogP contribution in [0, 0.1) is 65.1 Å². The summed E-state index contributed by atoms with van der Waals surface area (Å²) < 4.78 is 57.9. The summed E-state index contributed by atoms with van der Waals surface area (Å²) in [6.07, 6.45) is 1.74. The highest BCUT2D eigenvalue weighted by Crippen LogP contribution is 2.63. The number of esters is 3. The predicted molar refractivity (Wildman–Crippen MR) is 245 cm³/mol. The van der Waals surface area contributed by atoms with Crippen LogP contribution in [0.4, 0.5) is 0 Å². The maximum atomic E-state index is 14.7. The maximum absolute atomic E-state index is 14.7. The molecule has 3 saturated carbocycles. The summed E-state index contributed by atoms with van der Waals surface area (Å²) in [4.78, 5) is 94.3. The monoisotopic (exact) mass is 1030 g/mol. The Hall–Kier alpha value is -2.60. The molecule has 73 heavy (non-hydrogen) atoms. The number of hydrogen-bond donors (Lipinski definition) is 1. The van der Waals surface area contributed by atoms with E-state index in [9.17, 15) is 19.2 Å². The van der Waals surface area contributed by atoms with Crippen LogP contribution in [-0.2, 0) is 91.1 Å². The molecule has 1 N–H and O–H groups in total. The molecule has 23 atom stereocenters. The average molecular weight is 1030 g/mol. The molecule has 15 rings (SSSR count). The number of carbonyl (C=O) groups excluding carboxylic acids is 4. The van der Waals surface area contributed by atoms with E-state index in [2.05, 4.69) is 26.1 Å². The Morgan fingerprint density at radius 1 is 0.493 bits per heavy atom. The summed E-state index contributed by atoms with van der Waals surface area (Å²) >= 11 is 0. The van der Waals surface area contributed by atoms with Crippen molar-refractivity contribution in [2.24, 2.45) is 65.1 Å². The van der Waals surface area contributed by atoms with Crippen molar-refractivity contribution in [2.45, 2.75) is 242 Å².